The molecule has 0 radical (unpaired) electrons. The van der Waals surface area contributed by atoms with Gasteiger partial charge in [-0.25, -0.2) is 8.78 Å². The molecule has 0 saturated carbocycles. The van der Waals surface area contributed by atoms with Gasteiger partial charge in [-0.3, -0.25) is 4.79 Å². The molecule has 1 aromatic carbocycles. The fraction of sp³-hybridized carbons (Fsp3) is 0.462. The highest BCUT2D eigenvalue weighted by atomic mass is 19.3. The van der Waals surface area contributed by atoms with Crippen LogP contribution in [-0.2, 0) is 4.74 Å². The van der Waals surface area contributed by atoms with Crippen molar-refractivity contribution in [2.75, 3.05) is 13.2 Å². The molecular weight excluding hydrogens is 226 g/mol. The van der Waals surface area contributed by atoms with Crippen LogP contribution in [0.3, 0.4) is 0 Å². The van der Waals surface area contributed by atoms with E-state index in [9.17, 15) is 13.6 Å². The van der Waals surface area contributed by atoms with E-state index in [0.29, 0.717) is 5.56 Å². The molecule has 0 fully saturated rings. The van der Waals surface area contributed by atoms with Crippen molar-refractivity contribution in [3.63, 3.8) is 0 Å². The number of carbonyl (C=O) groups excluding carboxylic acids is 1. The van der Waals surface area contributed by atoms with Crippen LogP contribution in [0.1, 0.15) is 27.9 Å². The summed E-state index contributed by atoms with van der Waals surface area (Å²) in [7, 11) is 0. The molecule has 0 aliphatic rings. The molecule has 1 rings (SSSR count). The second-order valence-electron chi connectivity index (χ2n) is 3.89. The summed E-state index contributed by atoms with van der Waals surface area (Å²) in [5, 5.41) is 0. The lowest BCUT2D eigenvalue weighted by atomic mass is 9.99. The van der Waals surface area contributed by atoms with Crippen LogP contribution in [0.15, 0.2) is 18.2 Å². The van der Waals surface area contributed by atoms with Gasteiger partial charge in [0.05, 0.1) is 6.61 Å². The van der Waals surface area contributed by atoms with Gasteiger partial charge in [0.15, 0.2) is 5.78 Å². The fourth-order valence-electron chi connectivity index (χ4n) is 1.53. The predicted octanol–water partition coefficient (Wildman–Crippen LogP) is 3.16. The Bertz CT molecular complexity index is 389. The van der Waals surface area contributed by atoms with Crippen molar-refractivity contribution in [3.8, 4) is 0 Å². The van der Waals surface area contributed by atoms with Crippen LogP contribution in [-0.4, -0.2) is 25.4 Å². The molecule has 1 aromatic rings. The van der Waals surface area contributed by atoms with Gasteiger partial charge in [-0.2, -0.15) is 0 Å². The number of aryl methyl sites for hydroxylation is 1. The number of Topliss-reactive ketones (excluding diaryl/α,β-unsaturated/α-hetero) is 1. The topological polar surface area (TPSA) is 26.3 Å². The molecule has 0 N–H and O–H groups in total. The number of halogens is 2. The molecule has 0 aliphatic heterocycles. The van der Waals surface area contributed by atoms with Crippen molar-refractivity contribution >= 4 is 5.78 Å². The van der Waals surface area contributed by atoms with E-state index in [2.05, 4.69) is 4.74 Å². The molecule has 0 atom stereocenters. The molecule has 0 heterocycles. The van der Waals surface area contributed by atoms with E-state index in [4.69, 9.17) is 0 Å². The number of benzene rings is 1. The summed E-state index contributed by atoms with van der Waals surface area (Å²) in [5.41, 5.74) is 2.63. The monoisotopic (exact) mass is 242 g/mol. The molecule has 17 heavy (non-hydrogen) atoms. The first-order valence-electron chi connectivity index (χ1n) is 5.47. The SMILES string of the molecule is Cc1cccc(C(=O)CCOCC(F)F)c1C. The quantitative estimate of drug-likeness (QED) is 0.565. The van der Waals surface area contributed by atoms with Gasteiger partial charge in [0.2, 0.25) is 0 Å². The van der Waals surface area contributed by atoms with Crippen LogP contribution in [0, 0.1) is 13.8 Å². The van der Waals surface area contributed by atoms with E-state index in [1.54, 1.807) is 6.07 Å². The van der Waals surface area contributed by atoms with Gasteiger partial charge >= 0.3 is 0 Å². The normalized spacial score (nSPS) is 10.9. The summed E-state index contributed by atoms with van der Waals surface area (Å²) in [6.07, 6.45) is -2.34. The number of hydrogen-bond acceptors (Lipinski definition) is 2. The van der Waals surface area contributed by atoms with Gasteiger partial charge in [-0.1, -0.05) is 18.2 Å². The number of hydrogen-bond donors (Lipinski definition) is 0. The molecule has 94 valence electrons. The van der Waals surface area contributed by atoms with E-state index in [1.807, 2.05) is 26.0 Å². The Labute approximate surface area is 99.6 Å². The lowest BCUT2D eigenvalue weighted by molar-refractivity contribution is 0.0169. The van der Waals surface area contributed by atoms with Crippen LogP contribution in [0.25, 0.3) is 0 Å². The molecule has 0 bridgehead atoms. The maximum atomic E-state index is 11.8. The molecule has 0 amide bonds. The Balaban J connectivity index is 2.50. The summed E-state index contributed by atoms with van der Waals surface area (Å²) in [5.74, 6) is -0.0690. The second-order valence-corrected chi connectivity index (χ2v) is 3.89. The average Bonchev–Trinajstić information content (AvgIpc) is 2.27. The lowest BCUT2D eigenvalue weighted by Crippen LogP contribution is -2.10. The summed E-state index contributed by atoms with van der Waals surface area (Å²) >= 11 is 0. The average molecular weight is 242 g/mol. The van der Waals surface area contributed by atoms with Crippen molar-refractivity contribution in [1.82, 2.24) is 0 Å². The van der Waals surface area contributed by atoms with Gasteiger partial charge in [-0.15, -0.1) is 0 Å². The van der Waals surface area contributed by atoms with Crippen LogP contribution in [0.4, 0.5) is 8.78 Å². The Hall–Kier alpha value is -1.29. The van der Waals surface area contributed by atoms with Crippen LogP contribution in [0.5, 0.6) is 0 Å². The highest BCUT2D eigenvalue weighted by molar-refractivity contribution is 5.97. The third-order valence-electron chi connectivity index (χ3n) is 2.62. The number of rotatable bonds is 6. The van der Waals surface area contributed by atoms with Crippen molar-refractivity contribution in [3.05, 3.63) is 34.9 Å². The smallest absolute Gasteiger partial charge is 0.261 e. The van der Waals surface area contributed by atoms with Gasteiger partial charge < -0.3 is 4.74 Å². The first-order chi connectivity index (χ1) is 8.02. The van der Waals surface area contributed by atoms with Gasteiger partial charge in [-0.05, 0) is 25.0 Å². The molecule has 0 spiro atoms. The lowest BCUT2D eigenvalue weighted by Gasteiger charge is -2.07. The van der Waals surface area contributed by atoms with E-state index >= 15 is 0 Å². The predicted molar refractivity (Wildman–Crippen MR) is 61.7 cm³/mol. The molecule has 2 nitrogen and oxygen atoms in total. The third kappa shape index (κ3) is 4.23. The van der Waals surface area contributed by atoms with Crippen LogP contribution >= 0.6 is 0 Å². The molecule has 0 aromatic heterocycles. The zero-order valence-electron chi connectivity index (χ0n) is 10.0. The summed E-state index contributed by atoms with van der Waals surface area (Å²) in [4.78, 5) is 11.8. The molecular formula is C13H16F2O2. The summed E-state index contributed by atoms with van der Waals surface area (Å²) < 4.78 is 28.3. The zero-order chi connectivity index (χ0) is 12.8. The van der Waals surface area contributed by atoms with Crippen molar-refractivity contribution < 1.29 is 18.3 Å². The second kappa shape index (κ2) is 6.45. The first kappa shape index (κ1) is 13.8. The highest BCUT2D eigenvalue weighted by Crippen LogP contribution is 2.14. The number of alkyl halides is 2. The number of carbonyl (C=O) groups is 1. The standard InChI is InChI=1S/C13H16F2O2/c1-9-4-3-5-11(10(9)2)12(16)6-7-17-8-13(14)15/h3-5,13H,6-8H2,1-2H3. The summed E-state index contributed by atoms with van der Waals surface area (Å²) in [6, 6.07) is 5.49. The Kier molecular flexibility index (Phi) is 5.22. The van der Waals surface area contributed by atoms with Gasteiger partial charge in [0.1, 0.15) is 6.61 Å². The Morgan fingerprint density at radius 1 is 1.35 bits per heavy atom. The zero-order valence-corrected chi connectivity index (χ0v) is 10.0. The Morgan fingerprint density at radius 3 is 2.71 bits per heavy atom. The first-order valence-corrected chi connectivity index (χ1v) is 5.47. The van der Waals surface area contributed by atoms with Crippen molar-refractivity contribution in [2.45, 2.75) is 26.7 Å². The molecule has 0 saturated heterocycles. The van der Waals surface area contributed by atoms with E-state index in [1.165, 1.54) is 0 Å². The maximum absolute atomic E-state index is 11.8. The van der Waals surface area contributed by atoms with E-state index < -0.39 is 13.0 Å². The van der Waals surface area contributed by atoms with E-state index in [0.717, 1.165) is 11.1 Å². The number of ether oxygens (including phenoxy) is 1. The minimum atomic E-state index is -2.48. The third-order valence-corrected chi connectivity index (χ3v) is 2.62. The summed E-state index contributed by atoms with van der Waals surface area (Å²) in [6.45, 7) is 3.23. The maximum Gasteiger partial charge on any atom is 0.261 e. The Morgan fingerprint density at radius 2 is 2.06 bits per heavy atom. The fourth-order valence-corrected chi connectivity index (χ4v) is 1.53. The minimum absolute atomic E-state index is 0.0382. The van der Waals surface area contributed by atoms with E-state index in [-0.39, 0.29) is 18.8 Å². The van der Waals surface area contributed by atoms with Crippen molar-refractivity contribution in [2.24, 2.45) is 0 Å². The largest absolute Gasteiger partial charge is 0.375 e. The van der Waals surface area contributed by atoms with Crippen LogP contribution in [0.2, 0.25) is 0 Å². The molecule has 4 heteroatoms. The molecule has 0 unspecified atom stereocenters. The minimum Gasteiger partial charge on any atom is -0.375 e. The van der Waals surface area contributed by atoms with Gasteiger partial charge in [0, 0.05) is 12.0 Å². The van der Waals surface area contributed by atoms with Crippen LogP contribution < -0.4 is 0 Å². The van der Waals surface area contributed by atoms with Gasteiger partial charge in [0.25, 0.3) is 6.43 Å². The number of ketones is 1. The highest BCUT2D eigenvalue weighted by Gasteiger charge is 2.10. The van der Waals surface area contributed by atoms with Crippen molar-refractivity contribution in [1.29, 1.82) is 0 Å². The molecule has 0 aliphatic carbocycles.